The normalized spacial score (nSPS) is 17.5. The van der Waals surface area contributed by atoms with Crippen molar-refractivity contribution < 1.29 is 14.8 Å². The first kappa shape index (κ1) is 11.8. The molecule has 1 saturated heterocycles. The number of nitro groups is 1. The van der Waals surface area contributed by atoms with Gasteiger partial charge >= 0.3 is 5.69 Å². The Hall–Kier alpha value is -1.66. The standard InChI is InChI=1S/C11H14N2O4/c1-17-11(6-12-7-11)5-8-2-3-9(13(15)16)10(14)4-8/h2-4,12,14H,5-7H2,1H3. The lowest BCUT2D eigenvalue weighted by Gasteiger charge is -2.41. The number of phenolic OH excluding ortho intramolecular Hbond substituents is 1. The van der Waals surface area contributed by atoms with Crippen LogP contribution in [-0.2, 0) is 11.2 Å². The Balaban J connectivity index is 2.17. The Morgan fingerprint density at radius 2 is 2.29 bits per heavy atom. The predicted octanol–water partition coefficient (Wildman–Crippen LogP) is 0.831. The van der Waals surface area contributed by atoms with E-state index in [4.69, 9.17) is 4.74 Å². The van der Waals surface area contributed by atoms with E-state index < -0.39 is 4.92 Å². The molecule has 1 aromatic rings. The van der Waals surface area contributed by atoms with Crippen molar-refractivity contribution in [2.24, 2.45) is 0 Å². The van der Waals surface area contributed by atoms with Crippen molar-refractivity contribution in [3.63, 3.8) is 0 Å². The van der Waals surface area contributed by atoms with Gasteiger partial charge in [0.25, 0.3) is 0 Å². The number of nitrogens with one attached hydrogen (secondary N) is 1. The van der Waals surface area contributed by atoms with Crippen LogP contribution in [0, 0.1) is 10.1 Å². The highest BCUT2D eigenvalue weighted by Gasteiger charge is 2.37. The Bertz CT molecular complexity index is 438. The highest BCUT2D eigenvalue weighted by Crippen LogP contribution is 2.29. The first-order valence-electron chi connectivity index (χ1n) is 5.28. The van der Waals surface area contributed by atoms with Crippen molar-refractivity contribution in [2.45, 2.75) is 12.0 Å². The third-order valence-corrected chi connectivity index (χ3v) is 3.09. The molecule has 0 aromatic heterocycles. The number of nitro benzene ring substituents is 1. The van der Waals surface area contributed by atoms with E-state index >= 15 is 0 Å². The number of nitrogens with zero attached hydrogens (tertiary/aromatic N) is 1. The van der Waals surface area contributed by atoms with E-state index in [1.165, 1.54) is 12.1 Å². The first-order chi connectivity index (χ1) is 8.06. The second kappa shape index (κ2) is 4.31. The molecule has 0 spiro atoms. The van der Waals surface area contributed by atoms with Crippen LogP contribution in [0.25, 0.3) is 0 Å². The molecule has 0 aliphatic carbocycles. The van der Waals surface area contributed by atoms with E-state index in [1.807, 2.05) is 0 Å². The summed E-state index contributed by atoms with van der Waals surface area (Å²) in [5.41, 5.74) is 0.311. The number of benzene rings is 1. The van der Waals surface area contributed by atoms with Crippen LogP contribution in [0.2, 0.25) is 0 Å². The predicted molar refractivity (Wildman–Crippen MR) is 61.1 cm³/mol. The average molecular weight is 238 g/mol. The molecule has 0 bridgehead atoms. The Morgan fingerprint density at radius 1 is 1.59 bits per heavy atom. The fraction of sp³-hybridized carbons (Fsp3) is 0.455. The molecule has 1 aliphatic rings. The largest absolute Gasteiger partial charge is 0.502 e. The lowest BCUT2D eigenvalue weighted by atomic mass is 9.88. The molecule has 6 heteroatoms. The van der Waals surface area contributed by atoms with Gasteiger partial charge in [-0.05, 0) is 11.6 Å². The third kappa shape index (κ3) is 2.22. The quantitative estimate of drug-likeness (QED) is 0.599. The maximum absolute atomic E-state index is 10.6. The summed E-state index contributed by atoms with van der Waals surface area (Å²) in [6, 6.07) is 4.40. The molecule has 6 nitrogen and oxygen atoms in total. The molecule has 0 atom stereocenters. The minimum atomic E-state index is -0.601. The van der Waals surface area contributed by atoms with Crippen LogP contribution >= 0.6 is 0 Å². The molecule has 0 radical (unpaired) electrons. The van der Waals surface area contributed by atoms with Crippen molar-refractivity contribution in [3.05, 3.63) is 33.9 Å². The molecule has 17 heavy (non-hydrogen) atoms. The molecule has 0 amide bonds. The number of hydrogen-bond donors (Lipinski definition) is 2. The number of methoxy groups -OCH3 is 1. The molecule has 2 N–H and O–H groups in total. The first-order valence-corrected chi connectivity index (χ1v) is 5.28. The third-order valence-electron chi connectivity index (χ3n) is 3.09. The second-order valence-corrected chi connectivity index (χ2v) is 4.25. The lowest BCUT2D eigenvalue weighted by Crippen LogP contribution is -2.61. The zero-order valence-electron chi connectivity index (χ0n) is 9.47. The molecule has 92 valence electrons. The van der Waals surface area contributed by atoms with Gasteiger partial charge in [0.1, 0.15) is 0 Å². The number of hydrogen-bond acceptors (Lipinski definition) is 5. The molecule has 1 aromatic carbocycles. The van der Waals surface area contributed by atoms with Crippen molar-refractivity contribution in [1.82, 2.24) is 5.32 Å². The van der Waals surface area contributed by atoms with E-state index in [2.05, 4.69) is 5.32 Å². The van der Waals surface area contributed by atoms with Crippen molar-refractivity contribution in [2.75, 3.05) is 20.2 Å². The van der Waals surface area contributed by atoms with Gasteiger partial charge in [0.15, 0.2) is 5.75 Å². The zero-order valence-corrected chi connectivity index (χ0v) is 9.47. The number of ether oxygens (including phenoxy) is 1. The fourth-order valence-electron chi connectivity index (χ4n) is 1.95. The summed E-state index contributed by atoms with van der Waals surface area (Å²) in [4.78, 5) is 9.95. The summed E-state index contributed by atoms with van der Waals surface area (Å²) in [5, 5.41) is 23.2. The van der Waals surface area contributed by atoms with Gasteiger partial charge < -0.3 is 15.2 Å². The van der Waals surface area contributed by atoms with E-state index in [0.29, 0.717) is 6.42 Å². The Morgan fingerprint density at radius 3 is 2.71 bits per heavy atom. The van der Waals surface area contributed by atoms with Gasteiger partial charge in [0.2, 0.25) is 0 Å². The highest BCUT2D eigenvalue weighted by molar-refractivity contribution is 5.47. The second-order valence-electron chi connectivity index (χ2n) is 4.25. The summed E-state index contributed by atoms with van der Waals surface area (Å²) in [5.74, 6) is -0.300. The van der Waals surface area contributed by atoms with Crippen LogP contribution < -0.4 is 5.32 Å². The van der Waals surface area contributed by atoms with Gasteiger partial charge in [0, 0.05) is 32.7 Å². The number of rotatable bonds is 4. The zero-order chi connectivity index (χ0) is 12.5. The van der Waals surface area contributed by atoms with Crippen molar-refractivity contribution in [3.8, 4) is 5.75 Å². The smallest absolute Gasteiger partial charge is 0.310 e. The molecule has 1 fully saturated rings. The van der Waals surface area contributed by atoms with Crippen molar-refractivity contribution >= 4 is 5.69 Å². The number of aromatic hydroxyl groups is 1. The van der Waals surface area contributed by atoms with E-state index in [-0.39, 0.29) is 17.0 Å². The molecule has 0 saturated carbocycles. The molecule has 1 heterocycles. The van der Waals surface area contributed by atoms with E-state index in [1.54, 1.807) is 13.2 Å². The van der Waals surface area contributed by atoms with Gasteiger partial charge in [-0.1, -0.05) is 6.07 Å². The summed E-state index contributed by atoms with van der Waals surface area (Å²) in [6.07, 6.45) is 0.627. The topological polar surface area (TPSA) is 84.6 Å². The maximum Gasteiger partial charge on any atom is 0.310 e. The van der Waals surface area contributed by atoms with Crippen LogP contribution in [0.1, 0.15) is 5.56 Å². The van der Waals surface area contributed by atoms with E-state index in [9.17, 15) is 15.2 Å². The average Bonchev–Trinajstić information content (AvgIpc) is 2.23. The van der Waals surface area contributed by atoms with Crippen molar-refractivity contribution in [1.29, 1.82) is 0 Å². The summed E-state index contributed by atoms with van der Waals surface area (Å²) < 4.78 is 5.42. The molecule has 1 aliphatic heterocycles. The molecule has 0 unspecified atom stereocenters. The van der Waals surface area contributed by atoms with Gasteiger partial charge in [0.05, 0.1) is 10.5 Å². The van der Waals surface area contributed by atoms with Crippen LogP contribution in [0.15, 0.2) is 18.2 Å². The minimum Gasteiger partial charge on any atom is -0.502 e. The monoisotopic (exact) mass is 238 g/mol. The molecular formula is C11H14N2O4. The minimum absolute atomic E-state index is 0.247. The van der Waals surface area contributed by atoms with Gasteiger partial charge in [-0.2, -0.15) is 0 Å². The van der Waals surface area contributed by atoms with Crippen LogP contribution in [0.4, 0.5) is 5.69 Å². The highest BCUT2D eigenvalue weighted by atomic mass is 16.6. The number of phenols is 1. The van der Waals surface area contributed by atoms with Gasteiger partial charge in [-0.25, -0.2) is 0 Å². The molecule has 2 rings (SSSR count). The molecular weight excluding hydrogens is 224 g/mol. The Labute approximate surface area is 98.4 Å². The summed E-state index contributed by atoms with van der Waals surface area (Å²) in [7, 11) is 1.64. The Kier molecular flexibility index (Phi) is 2.99. The van der Waals surface area contributed by atoms with Gasteiger partial charge in [-0.3, -0.25) is 10.1 Å². The van der Waals surface area contributed by atoms with E-state index in [0.717, 1.165) is 18.7 Å². The van der Waals surface area contributed by atoms with Gasteiger partial charge in [-0.15, -0.1) is 0 Å². The van der Waals surface area contributed by atoms with Crippen LogP contribution in [0.3, 0.4) is 0 Å². The van der Waals surface area contributed by atoms with Crippen LogP contribution in [0.5, 0.6) is 5.75 Å². The lowest BCUT2D eigenvalue weighted by molar-refractivity contribution is -0.385. The fourth-order valence-corrected chi connectivity index (χ4v) is 1.95. The summed E-state index contributed by atoms with van der Waals surface area (Å²) >= 11 is 0. The maximum atomic E-state index is 10.6. The SMILES string of the molecule is COC1(Cc2ccc([N+](=O)[O-])c(O)c2)CNC1. The summed E-state index contributed by atoms with van der Waals surface area (Å²) in [6.45, 7) is 1.50. The van der Waals surface area contributed by atoms with Crippen LogP contribution in [-0.4, -0.2) is 35.8 Å².